The number of ether oxygens (including phenoxy) is 1. The van der Waals surface area contributed by atoms with Crippen molar-refractivity contribution in [1.29, 1.82) is 0 Å². The first kappa shape index (κ1) is 15.5. The average Bonchev–Trinajstić information content (AvgIpc) is 2.66. The Labute approximate surface area is 146 Å². The van der Waals surface area contributed by atoms with Gasteiger partial charge < -0.3 is 14.7 Å². The van der Waals surface area contributed by atoms with Crippen molar-refractivity contribution in [3.63, 3.8) is 0 Å². The highest BCUT2D eigenvalue weighted by Gasteiger charge is 2.24. The van der Waals surface area contributed by atoms with E-state index in [2.05, 4.69) is 6.07 Å². The zero-order valence-corrected chi connectivity index (χ0v) is 14.0. The molecular formula is C21H19NO3. The number of nitrogens with zero attached hydrogens (tertiary/aromatic N) is 1. The molecule has 0 unspecified atom stereocenters. The zero-order chi connectivity index (χ0) is 17.4. The molecule has 0 bridgehead atoms. The van der Waals surface area contributed by atoms with Gasteiger partial charge in [0.1, 0.15) is 11.5 Å². The molecule has 0 saturated carbocycles. The molecule has 4 heteroatoms. The van der Waals surface area contributed by atoms with E-state index < -0.39 is 0 Å². The summed E-state index contributed by atoms with van der Waals surface area (Å²) in [6.45, 7) is 1.17. The average molecular weight is 333 g/mol. The maximum Gasteiger partial charge on any atom is 0.257 e. The summed E-state index contributed by atoms with van der Waals surface area (Å²) in [7, 11) is 1.64. The SMILES string of the molecule is COc1ccc2c(c1)CN(C(=O)c1cc3ccccc3cc1O)CC2. The van der Waals surface area contributed by atoms with Crippen LogP contribution in [0.2, 0.25) is 0 Å². The second kappa shape index (κ2) is 6.13. The molecule has 3 aromatic carbocycles. The van der Waals surface area contributed by atoms with Crippen LogP contribution in [-0.2, 0) is 13.0 Å². The van der Waals surface area contributed by atoms with Gasteiger partial charge in [0.15, 0.2) is 0 Å². The van der Waals surface area contributed by atoms with Crippen LogP contribution < -0.4 is 4.74 Å². The van der Waals surface area contributed by atoms with E-state index in [1.54, 1.807) is 24.1 Å². The smallest absolute Gasteiger partial charge is 0.257 e. The molecular weight excluding hydrogens is 314 g/mol. The Morgan fingerprint density at radius 2 is 1.80 bits per heavy atom. The highest BCUT2D eigenvalue weighted by molar-refractivity contribution is 6.01. The van der Waals surface area contributed by atoms with Gasteiger partial charge in [-0.05, 0) is 52.6 Å². The summed E-state index contributed by atoms with van der Waals surface area (Å²) >= 11 is 0. The minimum Gasteiger partial charge on any atom is -0.507 e. The van der Waals surface area contributed by atoms with Crippen LogP contribution in [0.25, 0.3) is 10.8 Å². The molecule has 0 saturated heterocycles. The number of amides is 1. The zero-order valence-electron chi connectivity index (χ0n) is 14.0. The molecule has 0 spiro atoms. The number of aromatic hydroxyl groups is 1. The van der Waals surface area contributed by atoms with Gasteiger partial charge in [-0.1, -0.05) is 30.3 Å². The Hall–Kier alpha value is -3.01. The normalized spacial score (nSPS) is 13.6. The summed E-state index contributed by atoms with van der Waals surface area (Å²) in [6, 6.07) is 17.1. The summed E-state index contributed by atoms with van der Waals surface area (Å²) in [5.74, 6) is 0.679. The van der Waals surface area contributed by atoms with Crippen LogP contribution in [0.4, 0.5) is 0 Å². The quantitative estimate of drug-likeness (QED) is 0.777. The number of hydrogen-bond donors (Lipinski definition) is 1. The minimum atomic E-state index is -0.142. The monoisotopic (exact) mass is 333 g/mol. The van der Waals surface area contributed by atoms with E-state index in [0.29, 0.717) is 18.7 Å². The molecule has 0 radical (unpaired) electrons. The highest BCUT2D eigenvalue weighted by atomic mass is 16.5. The molecule has 0 aromatic heterocycles. The van der Waals surface area contributed by atoms with Crippen molar-refractivity contribution in [2.45, 2.75) is 13.0 Å². The maximum absolute atomic E-state index is 13.0. The van der Waals surface area contributed by atoms with Crippen LogP contribution in [0.1, 0.15) is 21.5 Å². The second-order valence-corrected chi connectivity index (χ2v) is 6.33. The first-order chi connectivity index (χ1) is 12.2. The van der Waals surface area contributed by atoms with Crippen LogP contribution in [0, 0.1) is 0 Å². The summed E-state index contributed by atoms with van der Waals surface area (Å²) < 4.78 is 5.28. The summed E-state index contributed by atoms with van der Waals surface area (Å²) in [5, 5.41) is 12.2. The third-order valence-electron chi connectivity index (χ3n) is 4.81. The van der Waals surface area contributed by atoms with Gasteiger partial charge in [0.2, 0.25) is 0 Å². The topological polar surface area (TPSA) is 49.8 Å². The molecule has 1 heterocycles. The van der Waals surface area contributed by atoms with Crippen LogP contribution in [0.5, 0.6) is 11.5 Å². The van der Waals surface area contributed by atoms with Gasteiger partial charge in [-0.2, -0.15) is 0 Å². The van der Waals surface area contributed by atoms with Crippen molar-refractivity contribution < 1.29 is 14.6 Å². The number of rotatable bonds is 2. The van der Waals surface area contributed by atoms with Gasteiger partial charge in [0.05, 0.1) is 12.7 Å². The van der Waals surface area contributed by atoms with Crippen molar-refractivity contribution in [3.8, 4) is 11.5 Å². The van der Waals surface area contributed by atoms with E-state index in [1.165, 1.54) is 5.56 Å². The fourth-order valence-corrected chi connectivity index (χ4v) is 3.40. The Morgan fingerprint density at radius 1 is 1.04 bits per heavy atom. The van der Waals surface area contributed by atoms with Crippen molar-refractivity contribution in [2.24, 2.45) is 0 Å². The molecule has 4 rings (SSSR count). The third-order valence-corrected chi connectivity index (χ3v) is 4.81. The lowest BCUT2D eigenvalue weighted by molar-refractivity contribution is 0.0731. The molecule has 4 nitrogen and oxygen atoms in total. The summed E-state index contributed by atoms with van der Waals surface area (Å²) in [6.07, 6.45) is 0.805. The van der Waals surface area contributed by atoms with E-state index in [1.807, 2.05) is 36.4 Å². The molecule has 1 aliphatic rings. The summed E-state index contributed by atoms with van der Waals surface area (Å²) in [4.78, 5) is 14.7. The van der Waals surface area contributed by atoms with Gasteiger partial charge >= 0.3 is 0 Å². The van der Waals surface area contributed by atoms with Crippen molar-refractivity contribution >= 4 is 16.7 Å². The van der Waals surface area contributed by atoms with Gasteiger partial charge in [-0.3, -0.25) is 4.79 Å². The third kappa shape index (κ3) is 2.80. The minimum absolute atomic E-state index is 0.0279. The van der Waals surface area contributed by atoms with E-state index in [9.17, 15) is 9.90 Å². The predicted octanol–water partition coefficient (Wildman–Crippen LogP) is 3.75. The number of hydrogen-bond acceptors (Lipinski definition) is 3. The number of benzene rings is 3. The fraction of sp³-hybridized carbons (Fsp3) is 0.190. The van der Waals surface area contributed by atoms with Crippen LogP contribution in [-0.4, -0.2) is 29.6 Å². The number of phenols is 1. The molecule has 1 N–H and O–H groups in total. The number of carbonyl (C=O) groups is 1. The lowest BCUT2D eigenvalue weighted by atomic mass is 9.98. The standard InChI is InChI=1S/C21H19NO3/c1-25-18-7-6-14-8-9-22(13-17(14)10-18)21(24)19-11-15-4-2-3-5-16(15)12-20(19)23/h2-7,10-12,23H,8-9,13H2,1H3. The molecule has 0 aliphatic carbocycles. The lowest BCUT2D eigenvalue weighted by Crippen LogP contribution is -2.36. The van der Waals surface area contributed by atoms with E-state index in [-0.39, 0.29) is 11.7 Å². The molecule has 126 valence electrons. The fourth-order valence-electron chi connectivity index (χ4n) is 3.40. The first-order valence-electron chi connectivity index (χ1n) is 8.32. The Morgan fingerprint density at radius 3 is 2.56 bits per heavy atom. The Bertz CT molecular complexity index is 965. The Balaban J connectivity index is 1.66. The van der Waals surface area contributed by atoms with Crippen LogP contribution in [0.3, 0.4) is 0 Å². The largest absolute Gasteiger partial charge is 0.507 e. The summed E-state index contributed by atoms with van der Waals surface area (Å²) in [5.41, 5.74) is 2.69. The Kier molecular flexibility index (Phi) is 3.80. The molecule has 1 amide bonds. The van der Waals surface area contributed by atoms with Gasteiger partial charge in [-0.25, -0.2) is 0 Å². The van der Waals surface area contributed by atoms with Crippen LogP contribution in [0.15, 0.2) is 54.6 Å². The maximum atomic E-state index is 13.0. The van der Waals surface area contributed by atoms with Gasteiger partial charge in [0, 0.05) is 13.1 Å². The second-order valence-electron chi connectivity index (χ2n) is 6.33. The number of carbonyl (C=O) groups excluding carboxylic acids is 1. The van der Waals surface area contributed by atoms with Gasteiger partial charge in [0.25, 0.3) is 5.91 Å². The number of fused-ring (bicyclic) bond motifs is 2. The van der Waals surface area contributed by atoms with E-state index >= 15 is 0 Å². The molecule has 3 aromatic rings. The van der Waals surface area contributed by atoms with Crippen LogP contribution >= 0.6 is 0 Å². The van der Waals surface area contributed by atoms with Crippen molar-refractivity contribution in [3.05, 3.63) is 71.3 Å². The van der Waals surface area contributed by atoms with E-state index in [4.69, 9.17) is 4.74 Å². The number of methoxy groups -OCH3 is 1. The molecule has 0 atom stereocenters. The van der Waals surface area contributed by atoms with Crippen molar-refractivity contribution in [1.82, 2.24) is 4.90 Å². The highest BCUT2D eigenvalue weighted by Crippen LogP contribution is 2.29. The van der Waals surface area contributed by atoms with Crippen molar-refractivity contribution in [2.75, 3.05) is 13.7 Å². The van der Waals surface area contributed by atoms with E-state index in [0.717, 1.165) is 28.5 Å². The molecule has 0 fully saturated rings. The van der Waals surface area contributed by atoms with Gasteiger partial charge in [-0.15, -0.1) is 0 Å². The molecule has 1 aliphatic heterocycles. The number of phenolic OH excluding ortho intramolecular Hbond substituents is 1. The predicted molar refractivity (Wildman–Crippen MR) is 97.1 cm³/mol. The first-order valence-corrected chi connectivity index (χ1v) is 8.32. The lowest BCUT2D eigenvalue weighted by Gasteiger charge is -2.29. The molecule has 25 heavy (non-hydrogen) atoms.